The largest absolute Gasteiger partial charge is 0.489 e. The summed E-state index contributed by atoms with van der Waals surface area (Å²) in [7, 11) is 1.79. The Labute approximate surface area is 155 Å². The summed E-state index contributed by atoms with van der Waals surface area (Å²) in [6.45, 7) is 2.97. The van der Waals surface area contributed by atoms with Gasteiger partial charge in [-0.15, -0.1) is 0 Å². The second-order valence-electron chi connectivity index (χ2n) is 6.36. The quantitative estimate of drug-likeness (QED) is 0.593. The van der Waals surface area contributed by atoms with Gasteiger partial charge >= 0.3 is 0 Å². The van der Waals surface area contributed by atoms with Gasteiger partial charge in [0.2, 0.25) is 0 Å². The molecule has 1 atom stereocenters. The second-order valence-corrected chi connectivity index (χ2v) is 6.36. The summed E-state index contributed by atoms with van der Waals surface area (Å²) in [4.78, 5) is 4.26. The number of benzene rings is 2. The number of ether oxygens (including phenoxy) is 2. The molecule has 5 nitrogen and oxygen atoms in total. The Morgan fingerprint density at radius 3 is 2.54 bits per heavy atom. The molecule has 1 saturated heterocycles. The van der Waals surface area contributed by atoms with Gasteiger partial charge in [-0.3, -0.25) is 4.99 Å². The van der Waals surface area contributed by atoms with Crippen molar-refractivity contribution in [3.63, 3.8) is 0 Å². The van der Waals surface area contributed by atoms with Crippen LogP contribution in [0.15, 0.2) is 59.6 Å². The van der Waals surface area contributed by atoms with Crippen LogP contribution in [0.5, 0.6) is 5.75 Å². The Morgan fingerprint density at radius 1 is 1.08 bits per heavy atom. The Morgan fingerprint density at radius 2 is 1.85 bits per heavy atom. The molecule has 1 aliphatic heterocycles. The Balaban J connectivity index is 1.41. The molecule has 0 aromatic heterocycles. The molecule has 1 fully saturated rings. The molecule has 0 amide bonds. The van der Waals surface area contributed by atoms with E-state index < -0.39 is 0 Å². The summed E-state index contributed by atoms with van der Waals surface area (Å²) in [5.41, 5.74) is 2.35. The Hall–Kier alpha value is -2.53. The van der Waals surface area contributed by atoms with E-state index in [2.05, 4.69) is 39.9 Å². The maximum atomic E-state index is 5.77. The summed E-state index contributed by atoms with van der Waals surface area (Å²) < 4.78 is 11.4. The van der Waals surface area contributed by atoms with E-state index in [4.69, 9.17) is 9.47 Å². The minimum absolute atomic E-state index is 0.303. The van der Waals surface area contributed by atoms with Gasteiger partial charge in [-0.2, -0.15) is 0 Å². The van der Waals surface area contributed by atoms with Gasteiger partial charge in [-0.1, -0.05) is 42.5 Å². The first-order chi connectivity index (χ1) is 12.8. The van der Waals surface area contributed by atoms with Crippen molar-refractivity contribution in [3.8, 4) is 5.75 Å². The molecule has 26 heavy (non-hydrogen) atoms. The molecule has 5 heteroatoms. The Kier molecular flexibility index (Phi) is 6.90. The molecule has 0 bridgehead atoms. The van der Waals surface area contributed by atoms with Crippen molar-refractivity contribution in [2.75, 3.05) is 20.2 Å². The van der Waals surface area contributed by atoms with Gasteiger partial charge in [-0.25, -0.2) is 0 Å². The van der Waals surface area contributed by atoms with E-state index in [9.17, 15) is 0 Å². The van der Waals surface area contributed by atoms with Gasteiger partial charge in [0.15, 0.2) is 5.96 Å². The summed E-state index contributed by atoms with van der Waals surface area (Å²) in [5, 5.41) is 6.66. The predicted octanol–water partition coefficient (Wildman–Crippen LogP) is 3.11. The molecule has 1 heterocycles. The molecule has 2 aromatic rings. The SMILES string of the molecule is CN=C(NCc1ccc(COc2ccccc2)cc1)NCC1CCCO1. The number of hydrogen-bond donors (Lipinski definition) is 2. The fourth-order valence-corrected chi connectivity index (χ4v) is 2.86. The van der Waals surface area contributed by atoms with Crippen LogP contribution in [0.4, 0.5) is 0 Å². The molecular formula is C21H27N3O2. The zero-order valence-electron chi connectivity index (χ0n) is 15.3. The number of nitrogens with one attached hydrogen (secondary N) is 2. The lowest BCUT2D eigenvalue weighted by molar-refractivity contribution is 0.114. The fraction of sp³-hybridized carbons (Fsp3) is 0.381. The third-order valence-electron chi connectivity index (χ3n) is 4.38. The van der Waals surface area contributed by atoms with Crippen LogP contribution in [-0.4, -0.2) is 32.3 Å². The minimum atomic E-state index is 0.303. The predicted molar refractivity (Wildman–Crippen MR) is 104 cm³/mol. The van der Waals surface area contributed by atoms with Gasteiger partial charge < -0.3 is 20.1 Å². The van der Waals surface area contributed by atoms with Crippen LogP contribution in [0.3, 0.4) is 0 Å². The van der Waals surface area contributed by atoms with Gasteiger partial charge in [0.1, 0.15) is 12.4 Å². The van der Waals surface area contributed by atoms with Crippen LogP contribution in [0.25, 0.3) is 0 Å². The lowest BCUT2D eigenvalue weighted by Crippen LogP contribution is -2.40. The van der Waals surface area contributed by atoms with Crippen molar-refractivity contribution in [1.29, 1.82) is 0 Å². The maximum Gasteiger partial charge on any atom is 0.191 e. The molecule has 0 radical (unpaired) electrons. The first-order valence-corrected chi connectivity index (χ1v) is 9.15. The van der Waals surface area contributed by atoms with Crippen LogP contribution in [0.2, 0.25) is 0 Å². The molecule has 0 spiro atoms. The summed E-state index contributed by atoms with van der Waals surface area (Å²) in [6, 6.07) is 18.3. The van der Waals surface area contributed by atoms with E-state index >= 15 is 0 Å². The minimum Gasteiger partial charge on any atom is -0.489 e. The van der Waals surface area contributed by atoms with Gasteiger partial charge in [0.25, 0.3) is 0 Å². The van der Waals surface area contributed by atoms with Crippen molar-refractivity contribution in [1.82, 2.24) is 10.6 Å². The molecule has 0 saturated carbocycles. The van der Waals surface area contributed by atoms with Crippen molar-refractivity contribution in [3.05, 3.63) is 65.7 Å². The molecule has 138 valence electrons. The molecule has 3 rings (SSSR count). The Bertz CT molecular complexity index is 680. The highest BCUT2D eigenvalue weighted by Crippen LogP contribution is 2.12. The van der Waals surface area contributed by atoms with E-state index in [0.717, 1.165) is 49.8 Å². The first kappa shape index (κ1) is 18.3. The normalized spacial score (nSPS) is 17.1. The highest BCUT2D eigenvalue weighted by atomic mass is 16.5. The molecular weight excluding hydrogens is 326 g/mol. The van der Waals surface area contributed by atoms with Crippen molar-refractivity contribution in [2.24, 2.45) is 4.99 Å². The molecule has 2 N–H and O–H groups in total. The van der Waals surface area contributed by atoms with E-state index in [1.807, 2.05) is 30.3 Å². The van der Waals surface area contributed by atoms with Gasteiger partial charge in [0, 0.05) is 26.7 Å². The van der Waals surface area contributed by atoms with Crippen LogP contribution in [0.1, 0.15) is 24.0 Å². The summed E-state index contributed by atoms with van der Waals surface area (Å²) >= 11 is 0. The van der Waals surface area contributed by atoms with Crippen molar-refractivity contribution >= 4 is 5.96 Å². The molecule has 0 aliphatic carbocycles. The number of rotatable bonds is 7. The zero-order chi connectivity index (χ0) is 18.0. The fourth-order valence-electron chi connectivity index (χ4n) is 2.86. The van der Waals surface area contributed by atoms with Gasteiger partial charge in [0.05, 0.1) is 6.10 Å². The molecule has 1 aliphatic rings. The first-order valence-electron chi connectivity index (χ1n) is 9.15. The van der Waals surface area contributed by atoms with E-state index in [-0.39, 0.29) is 0 Å². The molecule has 2 aromatic carbocycles. The third kappa shape index (κ3) is 5.77. The highest BCUT2D eigenvalue weighted by molar-refractivity contribution is 5.79. The maximum absolute atomic E-state index is 5.77. The molecule has 1 unspecified atom stereocenters. The number of hydrogen-bond acceptors (Lipinski definition) is 3. The standard InChI is InChI=1S/C21H27N3O2/c1-22-21(24-15-20-8-5-13-25-20)23-14-17-9-11-18(12-10-17)16-26-19-6-3-2-4-7-19/h2-4,6-7,9-12,20H,5,8,13-16H2,1H3,(H2,22,23,24). The number of guanidine groups is 1. The average molecular weight is 353 g/mol. The van der Waals surface area contributed by atoms with Crippen LogP contribution < -0.4 is 15.4 Å². The lowest BCUT2D eigenvalue weighted by atomic mass is 10.1. The number of aliphatic imine (C=N–C) groups is 1. The van der Waals surface area contributed by atoms with Crippen LogP contribution in [0, 0.1) is 0 Å². The number of para-hydroxylation sites is 1. The monoisotopic (exact) mass is 353 g/mol. The lowest BCUT2D eigenvalue weighted by Gasteiger charge is -2.15. The number of nitrogens with zero attached hydrogens (tertiary/aromatic N) is 1. The van der Waals surface area contributed by atoms with Crippen molar-refractivity contribution in [2.45, 2.75) is 32.1 Å². The van der Waals surface area contributed by atoms with Crippen molar-refractivity contribution < 1.29 is 9.47 Å². The zero-order valence-corrected chi connectivity index (χ0v) is 15.3. The smallest absolute Gasteiger partial charge is 0.191 e. The van der Waals surface area contributed by atoms with Crippen LogP contribution >= 0.6 is 0 Å². The topological polar surface area (TPSA) is 54.9 Å². The van der Waals surface area contributed by atoms with E-state index in [0.29, 0.717) is 12.7 Å². The van der Waals surface area contributed by atoms with E-state index in [1.165, 1.54) is 5.56 Å². The highest BCUT2D eigenvalue weighted by Gasteiger charge is 2.15. The third-order valence-corrected chi connectivity index (χ3v) is 4.38. The summed E-state index contributed by atoms with van der Waals surface area (Å²) in [5.74, 6) is 1.69. The second kappa shape index (κ2) is 9.82. The van der Waals surface area contributed by atoms with E-state index in [1.54, 1.807) is 7.05 Å². The average Bonchev–Trinajstić information content (AvgIpc) is 3.22. The summed E-state index contributed by atoms with van der Waals surface area (Å²) in [6.07, 6.45) is 2.58. The van der Waals surface area contributed by atoms with Gasteiger partial charge in [-0.05, 0) is 36.1 Å². The van der Waals surface area contributed by atoms with Crippen LogP contribution in [-0.2, 0) is 17.9 Å².